The highest BCUT2D eigenvalue weighted by atomic mass is 19.1. The van der Waals surface area contributed by atoms with Crippen molar-refractivity contribution in [2.45, 2.75) is 44.3 Å². The van der Waals surface area contributed by atoms with Crippen molar-refractivity contribution in [3.63, 3.8) is 0 Å². The molecule has 2 heterocycles. The Morgan fingerprint density at radius 3 is 2.52 bits per heavy atom. The fraction of sp³-hybridized carbons (Fsp3) is 0.611. The van der Waals surface area contributed by atoms with Gasteiger partial charge in [-0.2, -0.15) is 0 Å². The average molecular weight is 319 g/mol. The van der Waals surface area contributed by atoms with E-state index in [9.17, 15) is 9.18 Å². The summed E-state index contributed by atoms with van der Waals surface area (Å²) in [4.78, 5) is 17.1. The maximum absolute atomic E-state index is 13.0. The minimum atomic E-state index is -0.213. The third kappa shape index (κ3) is 3.90. The molecule has 4 nitrogen and oxygen atoms in total. The SMILES string of the molecule is CNC1CCN(C(=O)C2CCCN2Cc2ccc(F)cc2)CC1. The van der Waals surface area contributed by atoms with E-state index in [-0.39, 0.29) is 17.8 Å². The van der Waals surface area contributed by atoms with Crippen molar-refractivity contribution in [1.82, 2.24) is 15.1 Å². The molecule has 0 aromatic heterocycles. The van der Waals surface area contributed by atoms with Crippen molar-refractivity contribution in [1.29, 1.82) is 0 Å². The highest BCUT2D eigenvalue weighted by Gasteiger charge is 2.34. The summed E-state index contributed by atoms with van der Waals surface area (Å²) < 4.78 is 13.0. The van der Waals surface area contributed by atoms with E-state index in [0.717, 1.165) is 57.4 Å². The zero-order chi connectivity index (χ0) is 16.2. The fourth-order valence-corrected chi connectivity index (χ4v) is 3.72. The molecule has 0 spiro atoms. The van der Waals surface area contributed by atoms with Gasteiger partial charge >= 0.3 is 0 Å². The minimum Gasteiger partial charge on any atom is -0.341 e. The quantitative estimate of drug-likeness (QED) is 0.922. The molecule has 1 aromatic carbocycles. The Bertz CT molecular complexity index is 526. The van der Waals surface area contributed by atoms with Crippen LogP contribution in [-0.2, 0) is 11.3 Å². The molecule has 2 aliphatic heterocycles. The zero-order valence-electron chi connectivity index (χ0n) is 13.8. The van der Waals surface area contributed by atoms with Crippen LogP contribution in [0.4, 0.5) is 4.39 Å². The molecule has 2 aliphatic rings. The van der Waals surface area contributed by atoms with Crippen LogP contribution in [-0.4, -0.2) is 54.5 Å². The molecule has 0 saturated carbocycles. The van der Waals surface area contributed by atoms with Crippen LogP contribution in [0.3, 0.4) is 0 Å². The van der Waals surface area contributed by atoms with Crippen LogP contribution >= 0.6 is 0 Å². The van der Waals surface area contributed by atoms with E-state index >= 15 is 0 Å². The van der Waals surface area contributed by atoms with Gasteiger partial charge in [-0.1, -0.05) is 12.1 Å². The van der Waals surface area contributed by atoms with E-state index in [1.165, 1.54) is 12.1 Å². The smallest absolute Gasteiger partial charge is 0.239 e. The normalized spacial score (nSPS) is 23.4. The van der Waals surface area contributed by atoms with Crippen molar-refractivity contribution in [3.8, 4) is 0 Å². The molecular weight excluding hydrogens is 293 g/mol. The Morgan fingerprint density at radius 1 is 1.17 bits per heavy atom. The van der Waals surface area contributed by atoms with Crippen molar-refractivity contribution in [2.24, 2.45) is 0 Å². The topological polar surface area (TPSA) is 35.6 Å². The molecule has 5 heteroatoms. The number of nitrogens with one attached hydrogen (secondary N) is 1. The molecule has 126 valence electrons. The molecule has 0 radical (unpaired) electrons. The minimum absolute atomic E-state index is 0.00816. The standard InChI is InChI=1S/C18H26FN3O/c1-20-16-8-11-21(12-9-16)18(23)17-3-2-10-22(17)13-14-4-6-15(19)7-5-14/h4-7,16-17,20H,2-3,8-13H2,1H3. The molecule has 1 N–H and O–H groups in total. The van der Waals surface area contributed by atoms with Gasteiger partial charge < -0.3 is 10.2 Å². The van der Waals surface area contributed by atoms with Crippen LogP contribution < -0.4 is 5.32 Å². The number of piperidine rings is 1. The van der Waals surface area contributed by atoms with Crippen LogP contribution in [0.2, 0.25) is 0 Å². The summed E-state index contributed by atoms with van der Waals surface area (Å²) in [5.41, 5.74) is 1.07. The predicted molar refractivity (Wildman–Crippen MR) is 88.5 cm³/mol. The van der Waals surface area contributed by atoms with Gasteiger partial charge in [-0.05, 0) is 57.0 Å². The lowest BCUT2D eigenvalue weighted by Crippen LogP contribution is -2.50. The molecule has 2 saturated heterocycles. The van der Waals surface area contributed by atoms with Crippen LogP contribution in [0.5, 0.6) is 0 Å². The van der Waals surface area contributed by atoms with Gasteiger partial charge in [0.2, 0.25) is 5.91 Å². The third-order valence-electron chi connectivity index (χ3n) is 5.16. The van der Waals surface area contributed by atoms with Gasteiger partial charge in [-0.15, -0.1) is 0 Å². The van der Waals surface area contributed by atoms with Crippen LogP contribution in [0.15, 0.2) is 24.3 Å². The van der Waals surface area contributed by atoms with E-state index in [4.69, 9.17) is 0 Å². The van der Waals surface area contributed by atoms with Crippen molar-refractivity contribution in [3.05, 3.63) is 35.6 Å². The number of hydrogen-bond acceptors (Lipinski definition) is 3. The average Bonchev–Trinajstić information content (AvgIpc) is 3.04. The maximum atomic E-state index is 13.0. The Labute approximate surface area is 137 Å². The molecule has 3 rings (SSSR count). The Kier molecular flexibility index (Phi) is 5.28. The molecule has 0 bridgehead atoms. The summed E-state index contributed by atoms with van der Waals surface area (Å²) in [6.07, 6.45) is 4.07. The van der Waals surface area contributed by atoms with E-state index in [1.807, 2.05) is 24.1 Å². The second-order valence-corrected chi connectivity index (χ2v) is 6.64. The number of likely N-dealkylation sites (tertiary alicyclic amines) is 2. The highest BCUT2D eigenvalue weighted by Crippen LogP contribution is 2.23. The number of hydrogen-bond donors (Lipinski definition) is 1. The van der Waals surface area contributed by atoms with Gasteiger partial charge in [0.05, 0.1) is 6.04 Å². The summed E-state index contributed by atoms with van der Waals surface area (Å²) in [5.74, 6) is 0.0642. The lowest BCUT2D eigenvalue weighted by atomic mass is 10.0. The van der Waals surface area contributed by atoms with Crippen molar-refractivity contribution < 1.29 is 9.18 Å². The van der Waals surface area contributed by atoms with Gasteiger partial charge in [0.15, 0.2) is 0 Å². The van der Waals surface area contributed by atoms with E-state index < -0.39 is 0 Å². The monoisotopic (exact) mass is 319 g/mol. The van der Waals surface area contributed by atoms with E-state index in [0.29, 0.717) is 6.04 Å². The first-order chi connectivity index (χ1) is 11.2. The van der Waals surface area contributed by atoms with Crippen molar-refractivity contribution in [2.75, 3.05) is 26.7 Å². The molecule has 1 aromatic rings. The third-order valence-corrected chi connectivity index (χ3v) is 5.16. The van der Waals surface area contributed by atoms with Gasteiger partial charge in [0.25, 0.3) is 0 Å². The first-order valence-electron chi connectivity index (χ1n) is 8.62. The molecular formula is C18H26FN3O. The molecule has 1 atom stereocenters. The second-order valence-electron chi connectivity index (χ2n) is 6.64. The lowest BCUT2D eigenvalue weighted by Gasteiger charge is -2.35. The van der Waals surface area contributed by atoms with Crippen LogP contribution in [0.25, 0.3) is 0 Å². The maximum Gasteiger partial charge on any atom is 0.239 e. The van der Waals surface area contributed by atoms with Crippen molar-refractivity contribution >= 4 is 5.91 Å². The molecule has 0 aliphatic carbocycles. The summed E-state index contributed by atoms with van der Waals surface area (Å²) in [5, 5.41) is 3.30. The molecule has 1 amide bonds. The largest absolute Gasteiger partial charge is 0.341 e. The number of nitrogens with zero attached hydrogens (tertiary/aromatic N) is 2. The zero-order valence-corrected chi connectivity index (χ0v) is 13.8. The number of halogens is 1. The number of benzene rings is 1. The van der Waals surface area contributed by atoms with Crippen LogP contribution in [0, 0.1) is 5.82 Å². The van der Waals surface area contributed by atoms with Gasteiger partial charge in [-0.25, -0.2) is 4.39 Å². The first kappa shape index (κ1) is 16.4. The highest BCUT2D eigenvalue weighted by molar-refractivity contribution is 5.82. The predicted octanol–water partition coefficient (Wildman–Crippen LogP) is 2.00. The summed E-state index contributed by atoms with van der Waals surface area (Å²) in [7, 11) is 1.99. The van der Waals surface area contributed by atoms with Gasteiger partial charge in [0.1, 0.15) is 5.82 Å². The molecule has 1 unspecified atom stereocenters. The summed E-state index contributed by atoms with van der Waals surface area (Å²) >= 11 is 0. The Balaban J connectivity index is 1.60. The van der Waals surface area contributed by atoms with Gasteiger partial charge in [0, 0.05) is 25.7 Å². The summed E-state index contributed by atoms with van der Waals surface area (Å²) in [6.45, 7) is 3.38. The first-order valence-corrected chi connectivity index (χ1v) is 8.62. The fourth-order valence-electron chi connectivity index (χ4n) is 3.72. The van der Waals surface area contributed by atoms with E-state index in [1.54, 1.807) is 0 Å². The van der Waals surface area contributed by atoms with E-state index in [2.05, 4.69) is 10.2 Å². The molecule has 23 heavy (non-hydrogen) atoms. The van der Waals surface area contributed by atoms with Crippen LogP contribution in [0.1, 0.15) is 31.2 Å². The number of rotatable bonds is 4. The summed E-state index contributed by atoms with van der Waals surface area (Å²) in [6, 6.07) is 7.14. The number of carbonyl (C=O) groups excluding carboxylic acids is 1. The number of carbonyl (C=O) groups is 1. The van der Waals surface area contributed by atoms with Gasteiger partial charge in [-0.3, -0.25) is 9.69 Å². The number of amides is 1. The Hall–Kier alpha value is -1.46. The Morgan fingerprint density at radius 2 is 1.87 bits per heavy atom. The lowest BCUT2D eigenvalue weighted by molar-refractivity contribution is -0.137. The molecule has 2 fully saturated rings. The second kappa shape index (κ2) is 7.41.